The molecule has 0 saturated heterocycles. The summed E-state index contributed by atoms with van der Waals surface area (Å²) in [6.07, 6.45) is 0. The van der Waals surface area contributed by atoms with Gasteiger partial charge in [0.05, 0.1) is 27.6 Å². The molecule has 2 amide bonds. The summed E-state index contributed by atoms with van der Waals surface area (Å²) in [5.74, 6) is -1.74. The molecule has 3 N–H and O–H groups in total. The van der Waals surface area contributed by atoms with Gasteiger partial charge in [0.25, 0.3) is 0 Å². The molecule has 1 rings (SSSR count). The zero-order valence-corrected chi connectivity index (χ0v) is 16.8. The van der Waals surface area contributed by atoms with Gasteiger partial charge < -0.3 is 15.7 Å². The van der Waals surface area contributed by atoms with Crippen LogP contribution >= 0.6 is 67.8 Å². The van der Waals surface area contributed by atoms with E-state index in [-0.39, 0.29) is 68.8 Å². The van der Waals surface area contributed by atoms with Crippen molar-refractivity contribution in [2.45, 2.75) is 13.8 Å². The Morgan fingerprint density at radius 3 is 1.43 bits per heavy atom. The summed E-state index contributed by atoms with van der Waals surface area (Å²) in [6, 6.07) is 0. The van der Waals surface area contributed by atoms with Crippen molar-refractivity contribution in [3.05, 3.63) is 16.3 Å². The number of carbonyl (C=O) groups is 3. The first-order valence-corrected chi connectivity index (χ1v) is 8.39. The zero-order chi connectivity index (χ0) is 15.6. The van der Waals surface area contributed by atoms with Crippen LogP contribution in [0.1, 0.15) is 24.2 Å². The molecule has 0 radical (unpaired) electrons. The third-order valence-electron chi connectivity index (χ3n) is 2.13. The van der Waals surface area contributed by atoms with E-state index in [1.165, 1.54) is 13.8 Å². The minimum atomic E-state index is -1.12. The fourth-order valence-electron chi connectivity index (χ4n) is 1.42. The predicted molar refractivity (Wildman–Crippen MR) is 107 cm³/mol. The maximum absolute atomic E-state index is 11.4. The maximum atomic E-state index is 11.4. The van der Waals surface area contributed by atoms with E-state index in [2.05, 4.69) is 10.6 Å². The second kappa shape index (κ2) is 9.68. The third-order valence-corrected chi connectivity index (χ3v) is 5.37. The molecule has 1 aromatic rings. The number of hydrogen-bond acceptors (Lipinski definition) is 3. The summed E-state index contributed by atoms with van der Waals surface area (Å²) in [7, 11) is 0. The molecule has 21 heavy (non-hydrogen) atoms. The summed E-state index contributed by atoms with van der Waals surface area (Å²) in [5, 5.41) is 14.5. The number of nitrogens with one attached hydrogen (secondary N) is 2. The van der Waals surface area contributed by atoms with E-state index in [0.717, 1.165) is 0 Å². The Morgan fingerprint density at radius 1 is 0.857 bits per heavy atom. The Hall–Kier alpha value is 1.46. The van der Waals surface area contributed by atoms with Gasteiger partial charge in [-0.15, -0.1) is 0 Å². The molecule has 6 nitrogen and oxygen atoms in total. The Labute approximate surface area is 204 Å². The van der Waals surface area contributed by atoms with Gasteiger partial charge in [-0.2, -0.15) is 0 Å². The van der Waals surface area contributed by atoms with E-state index in [9.17, 15) is 19.5 Å². The van der Waals surface area contributed by atoms with Gasteiger partial charge in [-0.1, -0.05) is 0 Å². The quantitative estimate of drug-likeness (QED) is 0.345. The molecule has 0 saturated carbocycles. The number of benzene rings is 1. The number of anilines is 2. The van der Waals surface area contributed by atoms with Gasteiger partial charge in [-0.3, -0.25) is 9.59 Å². The van der Waals surface area contributed by atoms with Gasteiger partial charge in [-0.25, -0.2) is 4.79 Å². The van der Waals surface area contributed by atoms with Crippen molar-refractivity contribution in [2.75, 3.05) is 10.6 Å². The number of aromatic carboxylic acids is 1. The van der Waals surface area contributed by atoms with Crippen LogP contribution in [-0.2, 0) is 9.59 Å². The SMILES string of the molecule is CC(=O)Nc1c(I)c(NC(C)=O)c(I)c(C(=O)O)c1I.[KH]. The van der Waals surface area contributed by atoms with Crippen molar-refractivity contribution in [2.24, 2.45) is 0 Å². The average Bonchev–Trinajstić information content (AvgIpc) is 2.29. The van der Waals surface area contributed by atoms with Crippen LogP contribution in [0.2, 0.25) is 0 Å². The first-order chi connectivity index (χ1) is 9.16. The molecule has 1 aromatic carbocycles. The van der Waals surface area contributed by atoms with Gasteiger partial charge in [0.2, 0.25) is 11.8 Å². The number of carboxylic acids is 1. The number of carboxylic acid groups (broad SMARTS) is 1. The van der Waals surface area contributed by atoms with E-state index < -0.39 is 5.97 Å². The van der Waals surface area contributed by atoms with Crippen LogP contribution in [0.15, 0.2) is 0 Å². The Balaban J connectivity index is 0.00000400. The molecular weight excluding hydrogens is 644 g/mol. The molecule has 0 aliphatic carbocycles. The van der Waals surface area contributed by atoms with Gasteiger partial charge in [0.1, 0.15) is 0 Å². The van der Waals surface area contributed by atoms with Gasteiger partial charge >= 0.3 is 57.4 Å². The first-order valence-electron chi connectivity index (χ1n) is 5.15. The molecule has 0 aromatic heterocycles. The van der Waals surface area contributed by atoms with Crippen molar-refractivity contribution >= 4 is 148 Å². The minimum absolute atomic E-state index is 0. The van der Waals surface area contributed by atoms with Crippen LogP contribution in [0, 0.1) is 10.7 Å². The Kier molecular flexibility index (Phi) is 10.4. The summed E-state index contributed by atoms with van der Waals surface area (Å²) in [6.45, 7) is 2.67. The molecule has 10 heteroatoms. The van der Waals surface area contributed by atoms with Gasteiger partial charge in [0.15, 0.2) is 0 Å². The van der Waals surface area contributed by atoms with E-state index in [1.807, 2.05) is 67.8 Å². The molecule has 0 fully saturated rings. The molecule has 0 bridgehead atoms. The molecule has 0 spiro atoms. The summed E-state index contributed by atoms with van der Waals surface area (Å²) in [4.78, 5) is 33.9. The fourth-order valence-corrected chi connectivity index (χ4v) is 5.59. The standard InChI is InChI=1S/C11H9I3N2O4.K.H/c1-3(17)15-9-6(12)5(11(19)20)7(13)10(8(9)14)16-4(2)18;;/h1-2H3,(H,15,17)(H,16,18)(H,19,20);;. The van der Waals surface area contributed by atoms with E-state index in [4.69, 9.17) is 0 Å². The number of carbonyl (C=O) groups excluding carboxylic acids is 2. The van der Waals surface area contributed by atoms with Gasteiger partial charge in [0, 0.05) is 13.8 Å². The van der Waals surface area contributed by atoms with Crippen molar-refractivity contribution in [3.8, 4) is 0 Å². The summed E-state index contributed by atoms with van der Waals surface area (Å²) in [5.41, 5.74) is 0.833. The average molecular weight is 654 g/mol. The molecule has 0 heterocycles. The molecule has 0 aliphatic heterocycles. The number of halogens is 3. The second-order valence-electron chi connectivity index (χ2n) is 3.73. The fraction of sp³-hybridized carbons (Fsp3) is 0.182. The predicted octanol–water partition coefficient (Wildman–Crippen LogP) is 2.47. The van der Waals surface area contributed by atoms with Crippen molar-refractivity contribution in [1.29, 1.82) is 0 Å². The van der Waals surface area contributed by atoms with Crippen LogP contribution in [0.5, 0.6) is 0 Å². The zero-order valence-electron chi connectivity index (χ0n) is 10.3. The van der Waals surface area contributed by atoms with Gasteiger partial charge in [-0.05, 0) is 67.8 Å². The topological polar surface area (TPSA) is 95.5 Å². The number of rotatable bonds is 3. The van der Waals surface area contributed by atoms with Crippen LogP contribution < -0.4 is 10.6 Å². The van der Waals surface area contributed by atoms with Crippen molar-refractivity contribution < 1.29 is 19.5 Å². The summed E-state index contributed by atoms with van der Waals surface area (Å²) >= 11 is 5.71. The van der Waals surface area contributed by atoms with Crippen molar-refractivity contribution in [3.63, 3.8) is 0 Å². The summed E-state index contributed by atoms with van der Waals surface area (Å²) < 4.78 is 1.44. The Morgan fingerprint density at radius 2 is 1.19 bits per heavy atom. The van der Waals surface area contributed by atoms with E-state index in [0.29, 0.717) is 22.1 Å². The molecular formula is C11H10I3KN2O4. The molecule has 110 valence electrons. The molecule has 0 unspecified atom stereocenters. The monoisotopic (exact) mass is 654 g/mol. The second-order valence-corrected chi connectivity index (χ2v) is 6.97. The number of hydrogen-bond donors (Lipinski definition) is 3. The molecule has 0 atom stereocenters. The van der Waals surface area contributed by atoms with E-state index in [1.54, 1.807) is 0 Å². The van der Waals surface area contributed by atoms with Crippen molar-refractivity contribution in [1.82, 2.24) is 0 Å². The molecule has 0 aliphatic rings. The normalized spacial score (nSPS) is 9.57. The van der Waals surface area contributed by atoms with Crippen LogP contribution in [0.25, 0.3) is 0 Å². The Bertz CT molecular complexity index is 579. The third kappa shape index (κ3) is 5.79. The van der Waals surface area contributed by atoms with E-state index >= 15 is 0 Å². The van der Waals surface area contributed by atoms with Crippen LogP contribution in [0.3, 0.4) is 0 Å². The van der Waals surface area contributed by atoms with Crippen LogP contribution in [-0.4, -0.2) is 74.3 Å². The first kappa shape index (κ1) is 22.5. The van der Waals surface area contributed by atoms with Crippen LogP contribution in [0.4, 0.5) is 11.4 Å². The number of amides is 2.